The third-order valence-corrected chi connectivity index (χ3v) is 5.30. The van der Waals surface area contributed by atoms with E-state index < -0.39 is 0 Å². The summed E-state index contributed by atoms with van der Waals surface area (Å²) in [4.78, 5) is 14.5. The Balaban J connectivity index is 1.57. The summed E-state index contributed by atoms with van der Waals surface area (Å²) in [5.74, 6) is 1.25. The van der Waals surface area contributed by atoms with Gasteiger partial charge in [0, 0.05) is 23.5 Å². The predicted molar refractivity (Wildman–Crippen MR) is 103 cm³/mol. The summed E-state index contributed by atoms with van der Waals surface area (Å²) in [5, 5.41) is 3.10. The molecule has 5 heteroatoms. The van der Waals surface area contributed by atoms with Gasteiger partial charge in [-0.1, -0.05) is 40.2 Å². The van der Waals surface area contributed by atoms with Gasteiger partial charge in [-0.25, -0.2) is 4.79 Å². The first-order chi connectivity index (χ1) is 12.1. The lowest BCUT2D eigenvalue weighted by Crippen LogP contribution is -2.39. The second-order valence-electron chi connectivity index (χ2n) is 6.43. The molecule has 132 valence electrons. The molecule has 0 bridgehead atoms. The zero-order valence-corrected chi connectivity index (χ0v) is 16.1. The second kappa shape index (κ2) is 7.91. The zero-order valence-electron chi connectivity index (χ0n) is 14.5. The molecular formula is C20H23BrN2O2. The number of likely N-dealkylation sites (tertiary alicyclic amines) is 1. The van der Waals surface area contributed by atoms with Gasteiger partial charge in [0.1, 0.15) is 5.75 Å². The SMILES string of the molecule is COc1ccc(C2CCN(C(=O)NC(C)c3ccc(Br)cc3)C2)cc1. The number of methoxy groups -OCH3 is 1. The van der Waals surface area contributed by atoms with E-state index in [-0.39, 0.29) is 12.1 Å². The van der Waals surface area contributed by atoms with Gasteiger partial charge >= 0.3 is 6.03 Å². The van der Waals surface area contributed by atoms with Gasteiger partial charge in [-0.05, 0) is 48.7 Å². The van der Waals surface area contributed by atoms with Crippen LogP contribution in [0.1, 0.15) is 36.4 Å². The molecule has 1 N–H and O–H groups in total. The average molecular weight is 403 g/mol. The van der Waals surface area contributed by atoms with Crippen molar-refractivity contribution < 1.29 is 9.53 Å². The summed E-state index contributed by atoms with van der Waals surface area (Å²) in [6, 6.07) is 16.2. The van der Waals surface area contributed by atoms with Crippen LogP contribution in [0.3, 0.4) is 0 Å². The Kier molecular flexibility index (Phi) is 5.63. The molecule has 0 saturated carbocycles. The maximum absolute atomic E-state index is 12.6. The summed E-state index contributed by atoms with van der Waals surface area (Å²) in [7, 11) is 1.67. The number of amides is 2. The highest BCUT2D eigenvalue weighted by atomic mass is 79.9. The van der Waals surface area contributed by atoms with E-state index >= 15 is 0 Å². The van der Waals surface area contributed by atoms with Crippen molar-refractivity contribution in [1.82, 2.24) is 10.2 Å². The van der Waals surface area contributed by atoms with Crippen molar-refractivity contribution in [2.45, 2.75) is 25.3 Å². The van der Waals surface area contributed by atoms with Crippen molar-refractivity contribution in [2.24, 2.45) is 0 Å². The standard InChI is InChI=1S/C20H23BrN2O2/c1-14(15-3-7-18(21)8-4-15)22-20(24)23-12-11-17(13-23)16-5-9-19(25-2)10-6-16/h3-10,14,17H,11-13H2,1-2H3,(H,22,24). The van der Waals surface area contributed by atoms with Crippen molar-refractivity contribution in [3.05, 3.63) is 64.1 Å². The number of nitrogens with zero attached hydrogens (tertiary/aromatic N) is 1. The number of ether oxygens (including phenoxy) is 1. The van der Waals surface area contributed by atoms with Crippen LogP contribution in [0.2, 0.25) is 0 Å². The molecule has 2 amide bonds. The van der Waals surface area contributed by atoms with Crippen molar-refractivity contribution in [3.63, 3.8) is 0 Å². The van der Waals surface area contributed by atoms with Crippen molar-refractivity contribution in [1.29, 1.82) is 0 Å². The van der Waals surface area contributed by atoms with E-state index in [2.05, 4.69) is 33.4 Å². The summed E-state index contributed by atoms with van der Waals surface area (Å²) in [6.07, 6.45) is 0.992. The van der Waals surface area contributed by atoms with Gasteiger partial charge in [-0.2, -0.15) is 0 Å². The number of rotatable bonds is 4. The molecule has 0 spiro atoms. The van der Waals surface area contributed by atoms with E-state index in [1.54, 1.807) is 7.11 Å². The van der Waals surface area contributed by atoms with Gasteiger partial charge in [-0.3, -0.25) is 0 Å². The quantitative estimate of drug-likeness (QED) is 0.803. The number of hydrogen-bond donors (Lipinski definition) is 1. The molecule has 1 saturated heterocycles. The van der Waals surface area contributed by atoms with Gasteiger partial charge in [0.05, 0.1) is 13.2 Å². The third-order valence-electron chi connectivity index (χ3n) is 4.77. The Hall–Kier alpha value is -2.01. The van der Waals surface area contributed by atoms with Crippen molar-refractivity contribution in [2.75, 3.05) is 20.2 Å². The molecule has 0 radical (unpaired) electrons. The first-order valence-electron chi connectivity index (χ1n) is 8.51. The van der Waals surface area contributed by atoms with Gasteiger partial charge in [-0.15, -0.1) is 0 Å². The Labute approximate surface area is 157 Å². The molecule has 25 heavy (non-hydrogen) atoms. The molecule has 1 aliphatic rings. The van der Waals surface area contributed by atoms with Crippen molar-refractivity contribution >= 4 is 22.0 Å². The van der Waals surface area contributed by atoms with Crippen LogP contribution < -0.4 is 10.1 Å². The maximum Gasteiger partial charge on any atom is 0.317 e. The Morgan fingerprint density at radius 1 is 1.20 bits per heavy atom. The number of benzene rings is 2. The van der Waals surface area contributed by atoms with Crippen LogP contribution in [0.4, 0.5) is 4.79 Å². The second-order valence-corrected chi connectivity index (χ2v) is 7.34. The summed E-state index contributed by atoms with van der Waals surface area (Å²) in [6.45, 7) is 3.55. The zero-order chi connectivity index (χ0) is 17.8. The molecule has 2 aromatic rings. The minimum absolute atomic E-state index is 0.00595. The Morgan fingerprint density at radius 2 is 1.88 bits per heavy atom. The molecule has 2 unspecified atom stereocenters. The number of urea groups is 1. The minimum Gasteiger partial charge on any atom is -0.497 e. The highest BCUT2D eigenvalue weighted by molar-refractivity contribution is 9.10. The largest absolute Gasteiger partial charge is 0.497 e. The first kappa shape index (κ1) is 17.8. The highest BCUT2D eigenvalue weighted by Crippen LogP contribution is 2.28. The summed E-state index contributed by atoms with van der Waals surface area (Å²) < 4.78 is 6.25. The molecule has 0 aliphatic carbocycles. The van der Waals surface area contributed by atoms with E-state index in [0.717, 1.165) is 35.3 Å². The Bertz CT molecular complexity index is 715. The molecule has 1 aliphatic heterocycles. The van der Waals surface area contributed by atoms with Crippen molar-refractivity contribution in [3.8, 4) is 5.75 Å². The number of halogens is 1. The normalized spacial score (nSPS) is 18.0. The van der Waals surface area contributed by atoms with Gasteiger partial charge in [0.15, 0.2) is 0 Å². The topological polar surface area (TPSA) is 41.6 Å². The van der Waals surface area contributed by atoms with Crippen LogP contribution in [0, 0.1) is 0 Å². The molecule has 3 rings (SSSR count). The third kappa shape index (κ3) is 4.34. The van der Waals surface area contributed by atoms with E-state index in [9.17, 15) is 4.79 Å². The molecule has 4 nitrogen and oxygen atoms in total. The van der Waals surface area contributed by atoms with Crippen LogP contribution in [0.5, 0.6) is 5.75 Å². The van der Waals surface area contributed by atoms with E-state index in [4.69, 9.17) is 4.74 Å². The molecule has 0 aromatic heterocycles. The Morgan fingerprint density at radius 3 is 2.52 bits per heavy atom. The molecule has 2 aromatic carbocycles. The fraction of sp³-hybridized carbons (Fsp3) is 0.350. The monoisotopic (exact) mass is 402 g/mol. The van der Waals surface area contributed by atoms with E-state index in [0.29, 0.717) is 5.92 Å². The summed E-state index contributed by atoms with van der Waals surface area (Å²) in [5.41, 5.74) is 2.36. The predicted octanol–water partition coefficient (Wildman–Crippen LogP) is 4.72. The van der Waals surface area contributed by atoms with Gasteiger partial charge in [0.25, 0.3) is 0 Å². The smallest absolute Gasteiger partial charge is 0.317 e. The van der Waals surface area contributed by atoms with Gasteiger partial charge in [0.2, 0.25) is 0 Å². The first-order valence-corrected chi connectivity index (χ1v) is 9.31. The van der Waals surface area contributed by atoms with Crippen LogP contribution in [0.15, 0.2) is 53.0 Å². The van der Waals surface area contributed by atoms with Gasteiger partial charge < -0.3 is 15.0 Å². The maximum atomic E-state index is 12.6. The number of hydrogen-bond acceptors (Lipinski definition) is 2. The van der Waals surface area contributed by atoms with E-state index in [1.165, 1.54) is 5.56 Å². The average Bonchev–Trinajstić information content (AvgIpc) is 3.12. The number of nitrogens with one attached hydrogen (secondary N) is 1. The summed E-state index contributed by atoms with van der Waals surface area (Å²) >= 11 is 3.43. The molecule has 1 heterocycles. The fourth-order valence-corrected chi connectivity index (χ4v) is 3.47. The molecule has 1 fully saturated rings. The lowest BCUT2D eigenvalue weighted by Gasteiger charge is -2.21. The van der Waals surface area contributed by atoms with E-state index in [1.807, 2.05) is 48.2 Å². The van der Waals surface area contributed by atoms with Crippen LogP contribution in [-0.4, -0.2) is 31.1 Å². The highest BCUT2D eigenvalue weighted by Gasteiger charge is 2.28. The fourth-order valence-electron chi connectivity index (χ4n) is 3.20. The van der Waals surface area contributed by atoms with Crippen LogP contribution in [-0.2, 0) is 0 Å². The number of carbonyl (C=O) groups excluding carboxylic acids is 1. The number of carbonyl (C=O) groups is 1. The van der Waals surface area contributed by atoms with Crippen LogP contribution in [0.25, 0.3) is 0 Å². The molecule has 2 atom stereocenters. The lowest BCUT2D eigenvalue weighted by atomic mass is 9.98. The van der Waals surface area contributed by atoms with Crippen LogP contribution >= 0.6 is 15.9 Å². The minimum atomic E-state index is -0.0133. The lowest BCUT2D eigenvalue weighted by molar-refractivity contribution is 0.205. The molecular weight excluding hydrogens is 380 g/mol.